The second-order valence-electron chi connectivity index (χ2n) is 6.77. The second kappa shape index (κ2) is 5.91. The van der Waals surface area contributed by atoms with Gasteiger partial charge in [-0.15, -0.1) is 0 Å². The van der Waals surface area contributed by atoms with Crippen LogP contribution >= 0.6 is 0 Å². The molecule has 3 nitrogen and oxygen atoms in total. The van der Waals surface area contributed by atoms with Crippen molar-refractivity contribution < 1.29 is 8.42 Å². The molecular formula is C14H29NO2S. The normalized spacial score (nSPS) is 20.9. The van der Waals surface area contributed by atoms with Gasteiger partial charge in [-0.25, -0.2) is 8.42 Å². The van der Waals surface area contributed by atoms with Crippen LogP contribution in [0.2, 0.25) is 0 Å². The zero-order valence-electron chi connectivity index (χ0n) is 12.4. The SMILES string of the molecule is CNCC1(CCS(=O)(=O)C(C)(C)C)CCCCC1. The largest absolute Gasteiger partial charge is 0.319 e. The molecule has 0 aromatic rings. The molecule has 0 spiro atoms. The topological polar surface area (TPSA) is 46.2 Å². The molecule has 0 aromatic heterocycles. The highest BCUT2D eigenvalue weighted by molar-refractivity contribution is 7.92. The summed E-state index contributed by atoms with van der Waals surface area (Å²) in [4.78, 5) is 0. The molecule has 1 rings (SSSR count). The Balaban J connectivity index is 2.68. The lowest BCUT2D eigenvalue weighted by molar-refractivity contribution is 0.179. The fourth-order valence-corrected chi connectivity index (χ4v) is 4.16. The highest BCUT2D eigenvalue weighted by Gasteiger charge is 2.35. The molecule has 18 heavy (non-hydrogen) atoms. The third kappa shape index (κ3) is 3.95. The second-order valence-corrected chi connectivity index (χ2v) is 9.63. The van der Waals surface area contributed by atoms with Crippen molar-refractivity contribution >= 4 is 9.84 Å². The van der Waals surface area contributed by atoms with Crippen LogP contribution in [0.15, 0.2) is 0 Å². The first-order valence-electron chi connectivity index (χ1n) is 7.09. The molecule has 1 fully saturated rings. The van der Waals surface area contributed by atoms with E-state index in [0.29, 0.717) is 5.75 Å². The number of sulfone groups is 1. The molecule has 0 unspecified atom stereocenters. The molecule has 1 aliphatic rings. The van der Waals surface area contributed by atoms with Gasteiger partial charge in [0, 0.05) is 6.54 Å². The molecule has 0 radical (unpaired) electrons. The molecule has 1 saturated carbocycles. The van der Waals surface area contributed by atoms with Gasteiger partial charge in [0.1, 0.15) is 0 Å². The van der Waals surface area contributed by atoms with E-state index < -0.39 is 14.6 Å². The summed E-state index contributed by atoms with van der Waals surface area (Å²) in [6, 6.07) is 0. The van der Waals surface area contributed by atoms with Crippen molar-refractivity contribution in [1.29, 1.82) is 0 Å². The van der Waals surface area contributed by atoms with E-state index in [1.165, 1.54) is 32.1 Å². The van der Waals surface area contributed by atoms with Gasteiger partial charge >= 0.3 is 0 Å². The van der Waals surface area contributed by atoms with Crippen LogP contribution in [-0.4, -0.2) is 32.5 Å². The van der Waals surface area contributed by atoms with Gasteiger partial charge in [0.15, 0.2) is 9.84 Å². The van der Waals surface area contributed by atoms with Gasteiger partial charge in [0.25, 0.3) is 0 Å². The molecule has 0 saturated heterocycles. The lowest BCUT2D eigenvalue weighted by atomic mass is 9.72. The Hall–Kier alpha value is -0.0900. The van der Waals surface area contributed by atoms with Crippen LogP contribution in [0.1, 0.15) is 59.3 Å². The lowest BCUT2D eigenvalue weighted by Crippen LogP contribution is -2.38. The van der Waals surface area contributed by atoms with E-state index in [-0.39, 0.29) is 5.41 Å². The number of nitrogens with one attached hydrogen (secondary N) is 1. The van der Waals surface area contributed by atoms with Gasteiger partial charge in [-0.2, -0.15) is 0 Å². The summed E-state index contributed by atoms with van der Waals surface area (Å²) in [5.74, 6) is 0.332. The molecule has 0 aliphatic heterocycles. The van der Waals surface area contributed by atoms with Crippen LogP contribution in [0.5, 0.6) is 0 Å². The van der Waals surface area contributed by atoms with Crippen LogP contribution in [0.4, 0.5) is 0 Å². The summed E-state index contributed by atoms with van der Waals surface area (Å²) in [5.41, 5.74) is 0.214. The minimum Gasteiger partial charge on any atom is -0.319 e. The third-order valence-electron chi connectivity index (χ3n) is 4.30. The van der Waals surface area contributed by atoms with Crippen molar-refractivity contribution in [3.05, 3.63) is 0 Å². The van der Waals surface area contributed by atoms with Crippen molar-refractivity contribution in [2.75, 3.05) is 19.3 Å². The van der Waals surface area contributed by atoms with Gasteiger partial charge in [-0.1, -0.05) is 19.3 Å². The Kier molecular flexibility index (Phi) is 5.24. The summed E-state index contributed by atoms with van der Waals surface area (Å²) >= 11 is 0. The quantitative estimate of drug-likeness (QED) is 0.839. The van der Waals surface area contributed by atoms with E-state index in [1.54, 1.807) is 20.8 Å². The summed E-state index contributed by atoms with van der Waals surface area (Å²) in [5, 5.41) is 3.26. The fourth-order valence-electron chi connectivity index (χ4n) is 2.85. The molecule has 108 valence electrons. The third-order valence-corrected chi connectivity index (χ3v) is 6.91. The van der Waals surface area contributed by atoms with E-state index in [4.69, 9.17) is 0 Å². The Morgan fingerprint density at radius 3 is 2.11 bits per heavy atom. The first-order chi connectivity index (χ1) is 8.22. The van der Waals surface area contributed by atoms with Crippen molar-refractivity contribution in [3.8, 4) is 0 Å². The maximum absolute atomic E-state index is 12.2. The van der Waals surface area contributed by atoms with Gasteiger partial charge in [-0.3, -0.25) is 0 Å². The van der Waals surface area contributed by atoms with Crippen molar-refractivity contribution in [2.24, 2.45) is 5.41 Å². The fraction of sp³-hybridized carbons (Fsp3) is 1.00. The van der Waals surface area contributed by atoms with Gasteiger partial charge in [-0.05, 0) is 52.5 Å². The van der Waals surface area contributed by atoms with Crippen molar-refractivity contribution in [3.63, 3.8) is 0 Å². The van der Waals surface area contributed by atoms with Crippen LogP contribution in [-0.2, 0) is 9.84 Å². The van der Waals surface area contributed by atoms with Crippen LogP contribution in [0.25, 0.3) is 0 Å². The number of hydrogen-bond donors (Lipinski definition) is 1. The van der Waals surface area contributed by atoms with Crippen LogP contribution < -0.4 is 5.32 Å². The molecule has 1 aliphatic carbocycles. The smallest absolute Gasteiger partial charge is 0.155 e. The standard InChI is InChI=1S/C14H29NO2S/c1-13(2,3)18(16,17)11-10-14(12-15-4)8-6-5-7-9-14/h15H,5-12H2,1-4H3. The average Bonchev–Trinajstić information content (AvgIpc) is 2.27. The number of hydrogen-bond acceptors (Lipinski definition) is 3. The van der Waals surface area contributed by atoms with Gasteiger partial charge in [0.05, 0.1) is 10.5 Å². The van der Waals surface area contributed by atoms with E-state index in [2.05, 4.69) is 5.32 Å². The van der Waals surface area contributed by atoms with E-state index in [0.717, 1.165) is 13.0 Å². The maximum Gasteiger partial charge on any atom is 0.155 e. The Labute approximate surface area is 113 Å². The Morgan fingerprint density at radius 2 is 1.67 bits per heavy atom. The van der Waals surface area contributed by atoms with Crippen LogP contribution in [0.3, 0.4) is 0 Å². The summed E-state index contributed by atoms with van der Waals surface area (Å²) < 4.78 is 23.8. The summed E-state index contributed by atoms with van der Waals surface area (Å²) in [6.07, 6.45) is 6.96. The van der Waals surface area contributed by atoms with Gasteiger partial charge < -0.3 is 5.32 Å². The van der Waals surface area contributed by atoms with E-state index >= 15 is 0 Å². The van der Waals surface area contributed by atoms with Crippen LogP contribution in [0, 0.1) is 5.41 Å². The predicted octanol–water partition coefficient (Wildman–Crippen LogP) is 2.76. The zero-order valence-corrected chi connectivity index (χ0v) is 13.2. The minimum atomic E-state index is -2.98. The van der Waals surface area contributed by atoms with Gasteiger partial charge in [0.2, 0.25) is 0 Å². The highest BCUT2D eigenvalue weighted by atomic mass is 32.2. The summed E-state index contributed by atoms with van der Waals surface area (Å²) in [7, 11) is -1.01. The Bertz CT molecular complexity index is 343. The molecule has 1 N–H and O–H groups in total. The number of rotatable bonds is 5. The molecule has 4 heteroatoms. The monoisotopic (exact) mass is 275 g/mol. The van der Waals surface area contributed by atoms with Crippen molar-refractivity contribution in [1.82, 2.24) is 5.32 Å². The van der Waals surface area contributed by atoms with E-state index in [9.17, 15) is 8.42 Å². The molecule has 0 aromatic carbocycles. The molecule has 0 atom stereocenters. The first-order valence-corrected chi connectivity index (χ1v) is 8.75. The first kappa shape index (κ1) is 16.0. The average molecular weight is 275 g/mol. The summed E-state index contributed by atoms with van der Waals surface area (Å²) in [6.45, 7) is 6.35. The van der Waals surface area contributed by atoms with Crippen molar-refractivity contribution in [2.45, 2.75) is 64.0 Å². The molecular weight excluding hydrogens is 246 g/mol. The maximum atomic E-state index is 12.2. The molecule has 0 amide bonds. The van der Waals surface area contributed by atoms with E-state index in [1.807, 2.05) is 7.05 Å². The lowest BCUT2D eigenvalue weighted by Gasteiger charge is -2.38. The molecule has 0 bridgehead atoms. The molecule has 0 heterocycles. The Morgan fingerprint density at radius 1 is 1.11 bits per heavy atom. The zero-order chi connectivity index (χ0) is 13.9. The highest BCUT2D eigenvalue weighted by Crippen LogP contribution is 2.39. The predicted molar refractivity (Wildman–Crippen MR) is 77.6 cm³/mol. The minimum absolute atomic E-state index is 0.214.